The van der Waals surface area contributed by atoms with Gasteiger partial charge in [0.15, 0.2) is 0 Å². The van der Waals surface area contributed by atoms with Gasteiger partial charge in [0.25, 0.3) is 0 Å². The summed E-state index contributed by atoms with van der Waals surface area (Å²) in [6.07, 6.45) is 5.83. The van der Waals surface area contributed by atoms with Gasteiger partial charge in [0.1, 0.15) is 11.6 Å². The summed E-state index contributed by atoms with van der Waals surface area (Å²) in [5.74, 6) is 0.313. The molecule has 0 aliphatic carbocycles. The lowest BCUT2D eigenvalue weighted by molar-refractivity contribution is -0.120. The van der Waals surface area contributed by atoms with Crippen LogP contribution in [0.3, 0.4) is 0 Å². The van der Waals surface area contributed by atoms with Gasteiger partial charge in [-0.25, -0.2) is 4.39 Å². The molecule has 2 aromatic heterocycles. The molecule has 0 bridgehead atoms. The monoisotopic (exact) mass is 417 g/mol. The summed E-state index contributed by atoms with van der Waals surface area (Å²) in [5.41, 5.74) is 3.65. The zero-order valence-corrected chi connectivity index (χ0v) is 17.5. The third-order valence-corrected chi connectivity index (χ3v) is 5.40. The van der Waals surface area contributed by atoms with Gasteiger partial charge in [0.05, 0.1) is 31.3 Å². The number of benzene rings is 2. The SMILES string of the molecule is CCn1cc([C@@H](NC(=O)Cc2ccc(OC)cc2)c2ccc(F)cc2)c2ccncc21. The maximum atomic E-state index is 13.6. The summed E-state index contributed by atoms with van der Waals surface area (Å²) < 4.78 is 20.8. The van der Waals surface area contributed by atoms with Crippen LogP contribution in [0.4, 0.5) is 4.39 Å². The van der Waals surface area contributed by atoms with Crippen molar-refractivity contribution in [2.75, 3.05) is 7.11 Å². The lowest BCUT2D eigenvalue weighted by Crippen LogP contribution is -2.30. The van der Waals surface area contributed by atoms with E-state index in [4.69, 9.17) is 4.74 Å². The highest BCUT2D eigenvalue weighted by molar-refractivity contribution is 5.86. The number of aromatic nitrogens is 2. The van der Waals surface area contributed by atoms with E-state index in [9.17, 15) is 9.18 Å². The standard InChI is InChI=1S/C25H24FN3O2/c1-3-29-16-22(21-12-13-27-15-23(21)29)25(18-6-8-19(26)9-7-18)28-24(30)14-17-4-10-20(31-2)11-5-17/h4-13,15-16,25H,3,14H2,1-2H3,(H,28,30)/t25-/m0/s1. The highest BCUT2D eigenvalue weighted by Gasteiger charge is 2.22. The largest absolute Gasteiger partial charge is 0.497 e. The first kappa shape index (κ1) is 20.6. The number of carbonyl (C=O) groups is 1. The molecular formula is C25H24FN3O2. The maximum absolute atomic E-state index is 13.6. The Kier molecular flexibility index (Phi) is 5.98. The van der Waals surface area contributed by atoms with Gasteiger partial charge in [-0.2, -0.15) is 0 Å². The first-order chi connectivity index (χ1) is 15.1. The van der Waals surface area contributed by atoms with Gasteiger partial charge in [-0.3, -0.25) is 9.78 Å². The van der Waals surface area contributed by atoms with E-state index in [-0.39, 0.29) is 18.1 Å². The van der Waals surface area contributed by atoms with Crippen molar-refractivity contribution in [3.63, 3.8) is 0 Å². The zero-order chi connectivity index (χ0) is 21.8. The van der Waals surface area contributed by atoms with E-state index in [1.807, 2.05) is 42.7 Å². The number of pyridine rings is 1. The minimum atomic E-state index is -0.413. The van der Waals surface area contributed by atoms with Crippen molar-refractivity contribution >= 4 is 16.8 Å². The van der Waals surface area contributed by atoms with Gasteiger partial charge >= 0.3 is 0 Å². The van der Waals surface area contributed by atoms with Crippen LogP contribution in [-0.2, 0) is 17.8 Å². The number of carbonyl (C=O) groups excluding carboxylic acids is 1. The molecule has 0 aliphatic rings. The number of aryl methyl sites for hydroxylation is 1. The van der Waals surface area contributed by atoms with Crippen molar-refractivity contribution in [1.29, 1.82) is 0 Å². The van der Waals surface area contributed by atoms with Gasteiger partial charge in [-0.1, -0.05) is 24.3 Å². The number of nitrogens with zero attached hydrogens (tertiary/aromatic N) is 2. The van der Waals surface area contributed by atoms with Crippen LogP contribution in [0.25, 0.3) is 10.9 Å². The highest BCUT2D eigenvalue weighted by Crippen LogP contribution is 2.31. The molecular weight excluding hydrogens is 393 g/mol. The van der Waals surface area contributed by atoms with E-state index >= 15 is 0 Å². The van der Waals surface area contributed by atoms with E-state index in [1.54, 1.807) is 25.4 Å². The molecule has 0 unspecified atom stereocenters. The second-order valence-corrected chi connectivity index (χ2v) is 7.34. The Morgan fingerprint density at radius 3 is 2.55 bits per heavy atom. The lowest BCUT2D eigenvalue weighted by atomic mass is 9.98. The Labute approximate surface area is 180 Å². The van der Waals surface area contributed by atoms with Crippen molar-refractivity contribution in [1.82, 2.24) is 14.9 Å². The van der Waals surface area contributed by atoms with Gasteiger partial charge in [-0.05, 0) is 48.4 Å². The molecule has 0 saturated carbocycles. The summed E-state index contributed by atoms with van der Waals surface area (Å²) in [6, 6.07) is 15.2. The summed E-state index contributed by atoms with van der Waals surface area (Å²) >= 11 is 0. The summed E-state index contributed by atoms with van der Waals surface area (Å²) in [6.45, 7) is 2.84. The minimum absolute atomic E-state index is 0.119. The Balaban J connectivity index is 1.68. The molecule has 2 aromatic carbocycles. The molecule has 1 atom stereocenters. The number of rotatable bonds is 7. The molecule has 1 amide bonds. The molecule has 4 aromatic rings. The fraction of sp³-hybridized carbons (Fsp3) is 0.200. The van der Waals surface area contributed by atoms with Crippen LogP contribution >= 0.6 is 0 Å². The van der Waals surface area contributed by atoms with Gasteiger partial charge in [0.2, 0.25) is 5.91 Å². The molecule has 2 heterocycles. The van der Waals surface area contributed by atoms with E-state index in [0.29, 0.717) is 0 Å². The number of methoxy groups -OCH3 is 1. The van der Waals surface area contributed by atoms with Crippen LogP contribution in [0.1, 0.15) is 29.7 Å². The first-order valence-electron chi connectivity index (χ1n) is 10.2. The quantitative estimate of drug-likeness (QED) is 0.476. The van der Waals surface area contributed by atoms with E-state index in [2.05, 4.69) is 21.8 Å². The number of hydrogen-bond donors (Lipinski definition) is 1. The number of hydrogen-bond acceptors (Lipinski definition) is 3. The highest BCUT2D eigenvalue weighted by atomic mass is 19.1. The average molecular weight is 417 g/mol. The molecule has 5 nitrogen and oxygen atoms in total. The topological polar surface area (TPSA) is 56.2 Å². The molecule has 31 heavy (non-hydrogen) atoms. The fourth-order valence-electron chi connectivity index (χ4n) is 3.79. The van der Waals surface area contributed by atoms with E-state index < -0.39 is 6.04 Å². The molecule has 0 aliphatic heterocycles. The molecule has 4 rings (SSSR count). The third-order valence-electron chi connectivity index (χ3n) is 5.40. The fourth-order valence-corrected chi connectivity index (χ4v) is 3.79. The van der Waals surface area contributed by atoms with Crippen LogP contribution in [0.5, 0.6) is 5.75 Å². The van der Waals surface area contributed by atoms with Crippen LogP contribution in [0, 0.1) is 5.82 Å². The zero-order valence-electron chi connectivity index (χ0n) is 17.5. The maximum Gasteiger partial charge on any atom is 0.225 e. The minimum Gasteiger partial charge on any atom is -0.497 e. The van der Waals surface area contributed by atoms with Crippen LogP contribution in [-0.4, -0.2) is 22.6 Å². The molecule has 6 heteroatoms. The number of ether oxygens (including phenoxy) is 1. The van der Waals surface area contributed by atoms with E-state index in [1.165, 1.54) is 12.1 Å². The Hall–Kier alpha value is -3.67. The van der Waals surface area contributed by atoms with Crippen molar-refractivity contribution < 1.29 is 13.9 Å². The summed E-state index contributed by atoms with van der Waals surface area (Å²) in [4.78, 5) is 17.2. The van der Waals surface area contributed by atoms with Crippen molar-refractivity contribution in [2.24, 2.45) is 0 Å². The van der Waals surface area contributed by atoms with Crippen molar-refractivity contribution in [2.45, 2.75) is 25.9 Å². The number of nitrogens with one attached hydrogen (secondary N) is 1. The van der Waals surface area contributed by atoms with Crippen LogP contribution in [0.2, 0.25) is 0 Å². The number of amides is 1. The van der Waals surface area contributed by atoms with Crippen LogP contribution in [0.15, 0.2) is 73.2 Å². The average Bonchev–Trinajstić information content (AvgIpc) is 3.17. The summed E-state index contributed by atoms with van der Waals surface area (Å²) in [5, 5.41) is 4.16. The second kappa shape index (κ2) is 9.00. The smallest absolute Gasteiger partial charge is 0.225 e. The Morgan fingerprint density at radius 1 is 1.13 bits per heavy atom. The lowest BCUT2D eigenvalue weighted by Gasteiger charge is -2.19. The van der Waals surface area contributed by atoms with Gasteiger partial charge in [0, 0.05) is 29.9 Å². The Bertz CT molecular complexity index is 1180. The molecule has 0 saturated heterocycles. The van der Waals surface area contributed by atoms with Crippen LogP contribution < -0.4 is 10.1 Å². The van der Waals surface area contributed by atoms with Crippen molar-refractivity contribution in [3.05, 3.63) is 95.7 Å². The van der Waals surface area contributed by atoms with Crippen molar-refractivity contribution in [3.8, 4) is 5.75 Å². The first-order valence-corrected chi connectivity index (χ1v) is 10.2. The molecule has 0 fully saturated rings. The molecule has 1 N–H and O–H groups in total. The number of halogens is 1. The van der Waals surface area contributed by atoms with Gasteiger partial charge < -0.3 is 14.6 Å². The molecule has 0 spiro atoms. The predicted octanol–water partition coefficient (Wildman–Crippen LogP) is 4.65. The third kappa shape index (κ3) is 4.43. The predicted molar refractivity (Wildman–Crippen MR) is 118 cm³/mol. The molecule has 0 radical (unpaired) electrons. The summed E-state index contributed by atoms with van der Waals surface area (Å²) in [7, 11) is 1.61. The normalized spacial score (nSPS) is 12.0. The number of fused-ring (bicyclic) bond motifs is 1. The Morgan fingerprint density at radius 2 is 1.87 bits per heavy atom. The molecule has 158 valence electrons. The second-order valence-electron chi connectivity index (χ2n) is 7.34. The van der Waals surface area contributed by atoms with Gasteiger partial charge in [-0.15, -0.1) is 0 Å². The van der Waals surface area contributed by atoms with E-state index in [0.717, 1.165) is 39.9 Å².